The van der Waals surface area contributed by atoms with Gasteiger partial charge in [0, 0.05) is 6.07 Å². The molecule has 0 aliphatic carbocycles. The van der Waals surface area contributed by atoms with Crippen LogP contribution < -0.4 is 4.74 Å². The predicted octanol–water partition coefficient (Wildman–Crippen LogP) is 2.55. The van der Waals surface area contributed by atoms with Crippen molar-refractivity contribution in [1.82, 2.24) is 0 Å². The number of ether oxygens (including phenoxy) is 1. The van der Waals surface area contributed by atoms with Gasteiger partial charge in [0.1, 0.15) is 6.61 Å². The zero-order chi connectivity index (χ0) is 11.4. The molecule has 0 N–H and O–H groups in total. The Balaban J connectivity index is 2.92. The Morgan fingerprint density at radius 2 is 2.20 bits per heavy atom. The minimum absolute atomic E-state index is 0.125. The molecule has 0 fully saturated rings. The summed E-state index contributed by atoms with van der Waals surface area (Å²) in [6.07, 6.45) is -2.65. The molecule has 1 aromatic carbocycles. The summed E-state index contributed by atoms with van der Waals surface area (Å²) in [6.45, 7) is 0.850. The highest BCUT2D eigenvalue weighted by Gasteiger charge is 2.16. The van der Waals surface area contributed by atoms with Crippen molar-refractivity contribution < 1.29 is 18.4 Å². The molecule has 0 bridgehead atoms. The molecule has 0 aromatic heterocycles. The highest BCUT2D eigenvalue weighted by molar-refractivity contribution is 5.48. The minimum atomic E-state index is -2.65. The first kappa shape index (κ1) is 11.4. The van der Waals surface area contributed by atoms with Crippen LogP contribution in [-0.2, 0) is 0 Å². The van der Waals surface area contributed by atoms with Gasteiger partial charge in [-0.2, -0.15) is 0 Å². The Morgan fingerprint density at radius 1 is 1.53 bits per heavy atom. The Morgan fingerprint density at radius 3 is 2.73 bits per heavy atom. The number of nitro benzene ring substituents is 1. The summed E-state index contributed by atoms with van der Waals surface area (Å²) in [5.74, 6) is -0.125. The second-order valence-electron chi connectivity index (χ2n) is 2.93. The van der Waals surface area contributed by atoms with E-state index >= 15 is 0 Å². The average molecular weight is 217 g/mol. The lowest BCUT2D eigenvalue weighted by atomic mass is 10.2. The highest BCUT2D eigenvalue weighted by atomic mass is 19.3. The molecule has 0 aliphatic rings. The van der Waals surface area contributed by atoms with Crippen LogP contribution in [0.3, 0.4) is 0 Å². The van der Waals surface area contributed by atoms with Gasteiger partial charge in [0.25, 0.3) is 6.43 Å². The molecular weight excluding hydrogens is 208 g/mol. The van der Waals surface area contributed by atoms with Crippen LogP contribution in [0.5, 0.6) is 5.75 Å². The van der Waals surface area contributed by atoms with Gasteiger partial charge in [0.2, 0.25) is 0 Å². The van der Waals surface area contributed by atoms with Crippen molar-refractivity contribution in [3.63, 3.8) is 0 Å². The number of hydrogen-bond acceptors (Lipinski definition) is 3. The first-order valence-electron chi connectivity index (χ1n) is 4.16. The summed E-state index contributed by atoms with van der Waals surface area (Å²) in [4.78, 5) is 9.85. The van der Waals surface area contributed by atoms with Crippen LogP contribution in [0.25, 0.3) is 0 Å². The first-order valence-corrected chi connectivity index (χ1v) is 4.16. The molecule has 6 heteroatoms. The quantitative estimate of drug-likeness (QED) is 0.575. The summed E-state index contributed by atoms with van der Waals surface area (Å²) in [5, 5.41) is 10.5. The monoisotopic (exact) mass is 217 g/mol. The van der Waals surface area contributed by atoms with Gasteiger partial charge in [-0.3, -0.25) is 10.1 Å². The lowest BCUT2D eigenvalue weighted by molar-refractivity contribution is -0.386. The largest absolute Gasteiger partial charge is 0.481 e. The number of nitro groups is 1. The van der Waals surface area contributed by atoms with E-state index in [2.05, 4.69) is 4.74 Å². The summed E-state index contributed by atoms with van der Waals surface area (Å²) in [6, 6.07) is 4.12. The molecular formula is C9H9F2NO3. The maximum Gasteiger partial charge on any atom is 0.310 e. The predicted molar refractivity (Wildman–Crippen MR) is 49.3 cm³/mol. The van der Waals surface area contributed by atoms with Crippen molar-refractivity contribution in [3.05, 3.63) is 33.9 Å². The van der Waals surface area contributed by atoms with Gasteiger partial charge >= 0.3 is 5.69 Å². The SMILES string of the molecule is Cc1ccc([N+](=O)[O-])c(OCC(F)F)c1. The molecule has 15 heavy (non-hydrogen) atoms. The molecule has 0 radical (unpaired) electrons. The standard InChI is InChI=1S/C9H9F2NO3/c1-6-2-3-7(12(13)14)8(4-6)15-5-9(10)11/h2-4,9H,5H2,1H3. The highest BCUT2D eigenvalue weighted by Crippen LogP contribution is 2.27. The molecule has 0 amide bonds. The van der Waals surface area contributed by atoms with Gasteiger partial charge < -0.3 is 4.74 Å². The van der Waals surface area contributed by atoms with Crippen LogP contribution in [0.1, 0.15) is 5.56 Å². The molecule has 0 unspecified atom stereocenters. The van der Waals surface area contributed by atoms with Crippen LogP contribution in [0.2, 0.25) is 0 Å². The average Bonchev–Trinajstić information content (AvgIpc) is 2.14. The summed E-state index contributed by atoms with van der Waals surface area (Å²) >= 11 is 0. The molecule has 0 spiro atoms. The minimum Gasteiger partial charge on any atom is -0.481 e. The number of rotatable bonds is 4. The van der Waals surface area contributed by atoms with E-state index in [0.29, 0.717) is 5.56 Å². The third kappa shape index (κ3) is 3.16. The Bertz CT molecular complexity index is 368. The number of halogens is 2. The van der Waals surface area contributed by atoms with Crippen molar-refractivity contribution in [2.45, 2.75) is 13.3 Å². The number of hydrogen-bond donors (Lipinski definition) is 0. The fourth-order valence-corrected chi connectivity index (χ4v) is 1.04. The second-order valence-corrected chi connectivity index (χ2v) is 2.93. The van der Waals surface area contributed by atoms with Gasteiger partial charge in [0.05, 0.1) is 4.92 Å². The lowest BCUT2D eigenvalue weighted by Gasteiger charge is -2.06. The Hall–Kier alpha value is -1.72. The Labute approximate surface area is 84.6 Å². The zero-order valence-corrected chi connectivity index (χ0v) is 7.94. The van der Waals surface area contributed by atoms with Gasteiger partial charge in [-0.15, -0.1) is 0 Å². The van der Waals surface area contributed by atoms with Gasteiger partial charge in [-0.1, -0.05) is 6.07 Å². The van der Waals surface area contributed by atoms with E-state index in [1.54, 1.807) is 6.92 Å². The molecule has 4 nitrogen and oxygen atoms in total. The van der Waals surface area contributed by atoms with Gasteiger partial charge in [0.15, 0.2) is 5.75 Å². The fourth-order valence-electron chi connectivity index (χ4n) is 1.04. The third-order valence-corrected chi connectivity index (χ3v) is 1.68. The van der Waals surface area contributed by atoms with Gasteiger partial charge in [-0.05, 0) is 18.6 Å². The molecule has 0 aliphatic heterocycles. The topological polar surface area (TPSA) is 52.4 Å². The molecule has 0 atom stereocenters. The summed E-state index contributed by atoms with van der Waals surface area (Å²) in [5.41, 5.74) is 0.408. The fraction of sp³-hybridized carbons (Fsp3) is 0.333. The molecule has 0 heterocycles. The van der Waals surface area contributed by atoms with E-state index in [4.69, 9.17) is 0 Å². The lowest BCUT2D eigenvalue weighted by Crippen LogP contribution is -2.08. The van der Waals surface area contributed by atoms with Crippen LogP contribution >= 0.6 is 0 Å². The van der Waals surface area contributed by atoms with Crippen molar-refractivity contribution in [2.75, 3.05) is 6.61 Å². The maximum absolute atomic E-state index is 11.9. The maximum atomic E-state index is 11.9. The van der Waals surface area contributed by atoms with Crippen LogP contribution in [0.15, 0.2) is 18.2 Å². The first-order chi connectivity index (χ1) is 7.00. The Kier molecular flexibility index (Phi) is 3.54. The van der Waals surface area contributed by atoms with Crippen molar-refractivity contribution in [2.24, 2.45) is 0 Å². The molecule has 1 aromatic rings. The normalized spacial score (nSPS) is 10.4. The van der Waals surface area contributed by atoms with Crippen molar-refractivity contribution >= 4 is 5.69 Å². The summed E-state index contributed by atoms with van der Waals surface area (Å²) < 4.78 is 28.4. The van der Waals surface area contributed by atoms with E-state index in [-0.39, 0.29) is 11.4 Å². The molecule has 0 saturated carbocycles. The van der Waals surface area contributed by atoms with Gasteiger partial charge in [-0.25, -0.2) is 8.78 Å². The van der Waals surface area contributed by atoms with E-state index in [1.807, 2.05) is 0 Å². The number of nitrogens with zero attached hydrogens (tertiary/aromatic N) is 1. The zero-order valence-electron chi connectivity index (χ0n) is 7.94. The van der Waals surface area contributed by atoms with E-state index in [9.17, 15) is 18.9 Å². The van der Waals surface area contributed by atoms with Crippen LogP contribution in [-0.4, -0.2) is 18.0 Å². The second kappa shape index (κ2) is 4.68. The van der Waals surface area contributed by atoms with E-state index < -0.39 is 18.0 Å². The number of aryl methyl sites for hydroxylation is 1. The summed E-state index contributed by atoms with van der Waals surface area (Å²) in [7, 11) is 0. The molecule has 1 rings (SSSR count). The smallest absolute Gasteiger partial charge is 0.310 e. The van der Waals surface area contributed by atoms with E-state index in [0.717, 1.165) is 0 Å². The molecule has 0 saturated heterocycles. The molecule has 82 valence electrons. The number of alkyl halides is 2. The van der Waals surface area contributed by atoms with Crippen LogP contribution in [0.4, 0.5) is 14.5 Å². The van der Waals surface area contributed by atoms with Crippen molar-refractivity contribution in [3.8, 4) is 5.75 Å². The third-order valence-electron chi connectivity index (χ3n) is 1.68. The number of benzene rings is 1. The van der Waals surface area contributed by atoms with Crippen LogP contribution in [0, 0.1) is 17.0 Å². The van der Waals surface area contributed by atoms with Crippen molar-refractivity contribution in [1.29, 1.82) is 0 Å². The van der Waals surface area contributed by atoms with E-state index in [1.165, 1.54) is 18.2 Å².